The lowest BCUT2D eigenvalue weighted by atomic mass is 10.1. The van der Waals surface area contributed by atoms with E-state index in [1.807, 2.05) is 49.4 Å². The Kier molecular flexibility index (Phi) is 3.69. The van der Waals surface area contributed by atoms with E-state index in [9.17, 15) is 9.90 Å². The molecular weight excluding hydrogens is 300 g/mol. The zero-order chi connectivity index (χ0) is 15.7. The summed E-state index contributed by atoms with van der Waals surface area (Å²) in [6.45, 7) is 1.96. The molecule has 1 aromatic heterocycles. The quantitative estimate of drug-likeness (QED) is 0.788. The van der Waals surface area contributed by atoms with Crippen LogP contribution in [0.4, 0.5) is 0 Å². The minimum atomic E-state index is -1.07. The van der Waals surface area contributed by atoms with Gasteiger partial charge in [0.15, 0.2) is 5.69 Å². The molecule has 0 fully saturated rings. The normalized spacial score (nSPS) is 10.6. The van der Waals surface area contributed by atoms with E-state index in [0.29, 0.717) is 16.4 Å². The second kappa shape index (κ2) is 5.66. The highest BCUT2D eigenvalue weighted by Crippen LogP contribution is 2.30. The average molecular weight is 313 g/mol. The van der Waals surface area contributed by atoms with Crippen molar-refractivity contribution in [2.75, 3.05) is 0 Å². The number of carbonyl (C=O) groups is 1. The number of halogens is 1. The molecule has 5 heteroatoms. The van der Waals surface area contributed by atoms with Crippen molar-refractivity contribution in [1.29, 1.82) is 0 Å². The third-order valence-corrected chi connectivity index (χ3v) is 3.74. The number of imidazole rings is 1. The van der Waals surface area contributed by atoms with Crippen LogP contribution in [-0.4, -0.2) is 20.6 Å². The average Bonchev–Trinajstić information content (AvgIpc) is 2.93. The fourth-order valence-electron chi connectivity index (χ4n) is 2.33. The van der Waals surface area contributed by atoms with Gasteiger partial charge in [-0.15, -0.1) is 0 Å². The molecule has 0 aliphatic rings. The van der Waals surface area contributed by atoms with Crippen molar-refractivity contribution in [1.82, 2.24) is 9.55 Å². The molecule has 0 spiro atoms. The summed E-state index contributed by atoms with van der Waals surface area (Å²) in [4.78, 5) is 15.5. The van der Waals surface area contributed by atoms with Crippen molar-refractivity contribution in [2.45, 2.75) is 6.92 Å². The molecule has 0 unspecified atom stereocenters. The van der Waals surface area contributed by atoms with Crippen LogP contribution < -0.4 is 0 Å². The van der Waals surface area contributed by atoms with Crippen LogP contribution in [0.25, 0.3) is 17.1 Å². The first kappa shape index (κ1) is 14.4. The van der Waals surface area contributed by atoms with Crippen molar-refractivity contribution in [2.24, 2.45) is 0 Å². The minimum absolute atomic E-state index is 0.0156. The van der Waals surface area contributed by atoms with Gasteiger partial charge >= 0.3 is 5.97 Å². The van der Waals surface area contributed by atoms with Crippen molar-refractivity contribution in [3.8, 4) is 17.1 Å². The molecule has 1 N–H and O–H groups in total. The van der Waals surface area contributed by atoms with Gasteiger partial charge in [-0.05, 0) is 30.7 Å². The maximum absolute atomic E-state index is 11.3. The summed E-state index contributed by atoms with van der Waals surface area (Å²) in [5, 5.41) is 9.77. The molecule has 0 bridgehead atoms. The number of carboxylic acid groups (broad SMARTS) is 1. The summed E-state index contributed by atoms with van der Waals surface area (Å²) in [5.41, 5.74) is 2.57. The van der Waals surface area contributed by atoms with Crippen molar-refractivity contribution in [3.63, 3.8) is 0 Å². The van der Waals surface area contributed by atoms with Crippen molar-refractivity contribution < 1.29 is 9.90 Å². The van der Waals surface area contributed by atoms with Crippen LogP contribution in [0, 0.1) is 6.92 Å². The molecule has 0 atom stereocenters. The number of hydrogen-bond acceptors (Lipinski definition) is 2. The smallest absolute Gasteiger partial charge is 0.356 e. The molecule has 1 heterocycles. The van der Waals surface area contributed by atoms with Crippen LogP contribution in [-0.2, 0) is 0 Å². The van der Waals surface area contributed by atoms with E-state index in [0.717, 1.165) is 11.3 Å². The zero-order valence-corrected chi connectivity index (χ0v) is 12.6. The van der Waals surface area contributed by atoms with Crippen molar-refractivity contribution in [3.05, 3.63) is 71.0 Å². The van der Waals surface area contributed by atoms with Gasteiger partial charge in [0.25, 0.3) is 0 Å². The van der Waals surface area contributed by atoms with Gasteiger partial charge in [-0.3, -0.25) is 4.57 Å². The Morgan fingerprint density at radius 1 is 1.14 bits per heavy atom. The second-order valence-corrected chi connectivity index (χ2v) is 5.30. The summed E-state index contributed by atoms with van der Waals surface area (Å²) in [5.74, 6) is -0.557. The standard InChI is InChI=1S/C17H13ClN2O2/c1-11-6-2-5-9-15(11)20-10-14(17(21)22)19-16(20)12-7-3-4-8-13(12)18/h2-10H,1H3,(H,21,22). The highest BCUT2D eigenvalue weighted by Gasteiger charge is 2.18. The van der Waals surface area contributed by atoms with Gasteiger partial charge in [0, 0.05) is 17.4 Å². The molecule has 2 aromatic carbocycles. The molecule has 4 nitrogen and oxygen atoms in total. The number of aromatic carboxylic acids is 1. The van der Waals surface area contributed by atoms with E-state index in [1.54, 1.807) is 10.6 Å². The van der Waals surface area contributed by atoms with Crippen LogP contribution >= 0.6 is 11.6 Å². The van der Waals surface area contributed by atoms with Gasteiger partial charge in [0.05, 0.1) is 5.02 Å². The molecule has 3 aromatic rings. The molecule has 22 heavy (non-hydrogen) atoms. The third-order valence-electron chi connectivity index (χ3n) is 3.41. The zero-order valence-electron chi connectivity index (χ0n) is 11.8. The van der Waals surface area contributed by atoms with Gasteiger partial charge in [0.1, 0.15) is 5.82 Å². The Balaban J connectivity index is 2.28. The predicted molar refractivity (Wildman–Crippen MR) is 85.7 cm³/mol. The number of rotatable bonds is 3. The fourth-order valence-corrected chi connectivity index (χ4v) is 2.55. The van der Waals surface area contributed by atoms with Crippen LogP contribution in [0.1, 0.15) is 16.1 Å². The van der Waals surface area contributed by atoms with E-state index in [4.69, 9.17) is 11.6 Å². The molecule has 0 saturated carbocycles. The summed E-state index contributed by atoms with van der Waals surface area (Å²) < 4.78 is 1.76. The summed E-state index contributed by atoms with van der Waals surface area (Å²) >= 11 is 6.25. The largest absolute Gasteiger partial charge is 0.476 e. The van der Waals surface area contributed by atoms with Crippen LogP contribution in [0.5, 0.6) is 0 Å². The number of hydrogen-bond donors (Lipinski definition) is 1. The number of aryl methyl sites for hydroxylation is 1. The van der Waals surface area contributed by atoms with E-state index < -0.39 is 5.97 Å². The van der Waals surface area contributed by atoms with E-state index in [-0.39, 0.29) is 5.69 Å². The molecule has 110 valence electrons. The maximum atomic E-state index is 11.3. The monoisotopic (exact) mass is 312 g/mol. The lowest BCUT2D eigenvalue weighted by Crippen LogP contribution is -1.98. The van der Waals surface area contributed by atoms with Crippen LogP contribution in [0.15, 0.2) is 54.7 Å². The Hall–Kier alpha value is -2.59. The highest BCUT2D eigenvalue weighted by molar-refractivity contribution is 6.33. The first-order valence-electron chi connectivity index (χ1n) is 6.71. The number of benzene rings is 2. The minimum Gasteiger partial charge on any atom is -0.476 e. The predicted octanol–water partition coefficient (Wildman–Crippen LogP) is 4.20. The number of para-hydroxylation sites is 1. The molecule has 0 radical (unpaired) electrons. The van der Waals surface area contributed by atoms with Gasteiger partial charge < -0.3 is 5.11 Å². The van der Waals surface area contributed by atoms with E-state index in [1.165, 1.54) is 6.20 Å². The molecule has 0 amide bonds. The maximum Gasteiger partial charge on any atom is 0.356 e. The van der Waals surface area contributed by atoms with Crippen molar-refractivity contribution >= 4 is 17.6 Å². The summed E-state index contributed by atoms with van der Waals surface area (Å²) in [6, 6.07) is 15.0. The first-order chi connectivity index (χ1) is 10.6. The first-order valence-corrected chi connectivity index (χ1v) is 7.09. The lowest BCUT2D eigenvalue weighted by molar-refractivity contribution is 0.0691. The second-order valence-electron chi connectivity index (χ2n) is 4.89. The molecule has 0 aliphatic carbocycles. The molecule has 0 saturated heterocycles. The van der Waals surface area contributed by atoms with Crippen LogP contribution in [0.2, 0.25) is 5.02 Å². The Morgan fingerprint density at radius 2 is 1.82 bits per heavy atom. The van der Waals surface area contributed by atoms with E-state index in [2.05, 4.69) is 4.98 Å². The Labute approximate surface area is 132 Å². The highest BCUT2D eigenvalue weighted by atomic mass is 35.5. The summed E-state index contributed by atoms with van der Waals surface area (Å²) in [7, 11) is 0. The van der Waals surface area contributed by atoms with Crippen LogP contribution in [0.3, 0.4) is 0 Å². The van der Waals surface area contributed by atoms with Gasteiger partial charge in [-0.25, -0.2) is 9.78 Å². The molecular formula is C17H13ClN2O2. The van der Waals surface area contributed by atoms with Gasteiger partial charge in [-0.2, -0.15) is 0 Å². The lowest BCUT2D eigenvalue weighted by Gasteiger charge is -2.11. The summed E-state index contributed by atoms with van der Waals surface area (Å²) in [6.07, 6.45) is 1.52. The number of nitrogens with zero attached hydrogens (tertiary/aromatic N) is 2. The van der Waals surface area contributed by atoms with Gasteiger partial charge in [0.2, 0.25) is 0 Å². The Bertz CT molecular complexity index is 792. The topological polar surface area (TPSA) is 55.1 Å². The van der Waals surface area contributed by atoms with Gasteiger partial charge in [-0.1, -0.05) is 41.9 Å². The fraction of sp³-hybridized carbons (Fsp3) is 0.0588. The number of carboxylic acids is 1. The van der Waals surface area contributed by atoms with E-state index >= 15 is 0 Å². The Morgan fingerprint density at radius 3 is 2.50 bits per heavy atom. The SMILES string of the molecule is Cc1ccccc1-n1cc(C(=O)O)nc1-c1ccccc1Cl. The third kappa shape index (κ3) is 2.49. The molecule has 0 aliphatic heterocycles. The molecule has 3 rings (SSSR count). The number of aromatic nitrogens is 2.